The zero-order valence-corrected chi connectivity index (χ0v) is 13.0. The van der Waals surface area contributed by atoms with Crippen molar-refractivity contribution in [1.29, 1.82) is 0 Å². The summed E-state index contributed by atoms with van der Waals surface area (Å²) in [4.78, 5) is 23.1. The van der Waals surface area contributed by atoms with Gasteiger partial charge in [0.25, 0.3) is 5.91 Å². The van der Waals surface area contributed by atoms with Gasteiger partial charge in [-0.1, -0.05) is 0 Å². The molecule has 0 radical (unpaired) electrons. The van der Waals surface area contributed by atoms with Crippen molar-refractivity contribution in [2.75, 3.05) is 26.8 Å². The van der Waals surface area contributed by atoms with E-state index in [2.05, 4.69) is 9.97 Å². The standard InChI is InChI=1S/C15H20N4O3/c1-15(2)10-19(8-11(22-15)9-21-3)14(20)12-13-17-5-7-18(13)6-4-16-12/h4-7,11H,8-10H2,1-3H3. The van der Waals surface area contributed by atoms with E-state index in [-0.39, 0.29) is 12.0 Å². The molecule has 2 aromatic rings. The molecule has 0 aromatic carbocycles. The van der Waals surface area contributed by atoms with Crippen molar-refractivity contribution in [3.05, 3.63) is 30.5 Å². The predicted molar refractivity (Wildman–Crippen MR) is 79.7 cm³/mol. The van der Waals surface area contributed by atoms with E-state index in [1.807, 2.05) is 13.8 Å². The van der Waals surface area contributed by atoms with Gasteiger partial charge in [0.2, 0.25) is 0 Å². The van der Waals surface area contributed by atoms with Crippen molar-refractivity contribution in [3.63, 3.8) is 0 Å². The summed E-state index contributed by atoms with van der Waals surface area (Å²) < 4.78 is 12.9. The molecule has 0 saturated carbocycles. The van der Waals surface area contributed by atoms with Crippen LogP contribution in [0.15, 0.2) is 24.8 Å². The van der Waals surface area contributed by atoms with E-state index in [0.29, 0.717) is 31.0 Å². The van der Waals surface area contributed by atoms with Crippen LogP contribution in [0.5, 0.6) is 0 Å². The number of imidazole rings is 1. The molecule has 1 aliphatic rings. The summed E-state index contributed by atoms with van der Waals surface area (Å²) in [5, 5.41) is 0. The van der Waals surface area contributed by atoms with Crippen LogP contribution in [0.3, 0.4) is 0 Å². The molecule has 22 heavy (non-hydrogen) atoms. The Bertz CT molecular complexity index is 682. The van der Waals surface area contributed by atoms with Gasteiger partial charge >= 0.3 is 0 Å². The quantitative estimate of drug-likeness (QED) is 0.846. The first-order valence-electron chi connectivity index (χ1n) is 7.24. The molecule has 3 heterocycles. The summed E-state index contributed by atoms with van der Waals surface area (Å²) in [6.07, 6.45) is 6.70. The Balaban J connectivity index is 1.89. The highest BCUT2D eigenvalue weighted by atomic mass is 16.5. The number of morpholine rings is 1. The van der Waals surface area contributed by atoms with Crippen molar-refractivity contribution >= 4 is 11.6 Å². The van der Waals surface area contributed by atoms with E-state index in [1.165, 1.54) is 0 Å². The number of ether oxygens (including phenoxy) is 2. The van der Waals surface area contributed by atoms with Gasteiger partial charge in [-0.15, -0.1) is 0 Å². The number of carbonyl (C=O) groups excluding carboxylic acids is 1. The third kappa shape index (κ3) is 2.82. The van der Waals surface area contributed by atoms with Crippen molar-refractivity contribution in [1.82, 2.24) is 19.3 Å². The lowest BCUT2D eigenvalue weighted by atomic mass is 10.0. The average Bonchev–Trinajstić information content (AvgIpc) is 2.93. The van der Waals surface area contributed by atoms with E-state index in [0.717, 1.165) is 0 Å². The van der Waals surface area contributed by atoms with Crippen LogP contribution in [0.2, 0.25) is 0 Å². The van der Waals surface area contributed by atoms with Crippen LogP contribution in [0, 0.1) is 0 Å². The minimum atomic E-state index is -0.419. The minimum absolute atomic E-state index is 0.130. The highest BCUT2D eigenvalue weighted by molar-refractivity contribution is 5.97. The fourth-order valence-corrected chi connectivity index (χ4v) is 2.88. The van der Waals surface area contributed by atoms with Crippen LogP contribution >= 0.6 is 0 Å². The van der Waals surface area contributed by atoms with E-state index in [9.17, 15) is 4.79 Å². The number of fused-ring (bicyclic) bond motifs is 1. The molecule has 0 aliphatic carbocycles. The van der Waals surface area contributed by atoms with Crippen molar-refractivity contribution in [2.24, 2.45) is 0 Å². The Labute approximate surface area is 128 Å². The smallest absolute Gasteiger partial charge is 0.276 e. The number of aromatic nitrogens is 3. The van der Waals surface area contributed by atoms with Crippen molar-refractivity contribution in [2.45, 2.75) is 25.6 Å². The third-order valence-corrected chi connectivity index (χ3v) is 3.64. The molecule has 2 aromatic heterocycles. The van der Waals surface area contributed by atoms with Gasteiger partial charge in [-0.3, -0.25) is 4.79 Å². The first-order valence-corrected chi connectivity index (χ1v) is 7.24. The zero-order chi connectivity index (χ0) is 15.7. The van der Waals surface area contributed by atoms with Crippen LogP contribution in [0.4, 0.5) is 0 Å². The summed E-state index contributed by atoms with van der Waals surface area (Å²) in [5.41, 5.74) is 0.513. The Morgan fingerprint density at radius 3 is 2.86 bits per heavy atom. The molecule has 1 unspecified atom stereocenters. The number of methoxy groups -OCH3 is 1. The molecule has 0 spiro atoms. The van der Waals surface area contributed by atoms with Crippen LogP contribution in [-0.4, -0.2) is 63.7 Å². The Kier molecular flexibility index (Phi) is 3.84. The summed E-state index contributed by atoms with van der Waals surface area (Å²) in [5.74, 6) is -0.130. The number of carbonyl (C=O) groups is 1. The minimum Gasteiger partial charge on any atom is -0.382 e. The molecular weight excluding hydrogens is 284 g/mol. The van der Waals surface area contributed by atoms with Crippen molar-refractivity contribution in [3.8, 4) is 0 Å². The molecule has 118 valence electrons. The maximum absolute atomic E-state index is 12.9. The van der Waals surface area contributed by atoms with Crippen LogP contribution < -0.4 is 0 Å². The third-order valence-electron chi connectivity index (χ3n) is 3.64. The largest absolute Gasteiger partial charge is 0.382 e. The molecule has 1 fully saturated rings. The monoisotopic (exact) mass is 304 g/mol. The summed E-state index contributed by atoms with van der Waals surface area (Å²) >= 11 is 0. The van der Waals surface area contributed by atoms with Gasteiger partial charge in [-0.2, -0.15) is 0 Å². The number of hydrogen-bond donors (Lipinski definition) is 0. The van der Waals surface area contributed by atoms with Crippen LogP contribution in [0.25, 0.3) is 5.65 Å². The molecule has 0 bridgehead atoms. The Morgan fingerprint density at radius 1 is 1.41 bits per heavy atom. The second-order valence-corrected chi connectivity index (χ2v) is 6.07. The summed E-state index contributed by atoms with van der Waals surface area (Å²) in [6, 6.07) is 0. The highest BCUT2D eigenvalue weighted by Gasteiger charge is 2.36. The van der Waals surface area contributed by atoms with E-state index >= 15 is 0 Å². The van der Waals surface area contributed by atoms with Gasteiger partial charge in [0.05, 0.1) is 18.3 Å². The second kappa shape index (κ2) is 5.66. The normalized spacial score (nSPS) is 21.2. The molecule has 1 atom stereocenters. The molecule has 0 N–H and O–H groups in total. The lowest BCUT2D eigenvalue weighted by molar-refractivity contribution is -0.143. The molecule has 1 aliphatic heterocycles. The van der Waals surface area contributed by atoms with Gasteiger partial charge in [0, 0.05) is 45.0 Å². The Hall–Kier alpha value is -1.99. The summed E-state index contributed by atoms with van der Waals surface area (Å²) in [7, 11) is 1.63. The van der Waals surface area contributed by atoms with Gasteiger partial charge < -0.3 is 18.8 Å². The number of nitrogens with zero attached hydrogens (tertiary/aromatic N) is 4. The number of amides is 1. The van der Waals surface area contributed by atoms with Gasteiger partial charge in [-0.25, -0.2) is 9.97 Å². The van der Waals surface area contributed by atoms with E-state index < -0.39 is 5.60 Å². The van der Waals surface area contributed by atoms with E-state index in [1.54, 1.807) is 41.2 Å². The molecule has 1 amide bonds. The lowest BCUT2D eigenvalue weighted by Crippen LogP contribution is -2.55. The summed E-state index contributed by atoms with van der Waals surface area (Å²) in [6.45, 7) is 5.39. The Morgan fingerprint density at radius 2 is 2.14 bits per heavy atom. The van der Waals surface area contributed by atoms with Gasteiger partial charge in [-0.05, 0) is 13.8 Å². The topological polar surface area (TPSA) is 69.0 Å². The molecule has 7 nitrogen and oxygen atoms in total. The lowest BCUT2D eigenvalue weighted by Gasteiger charge is -2.42. The number of rotatable bonds is 3. The average molecular weight is 304 g/mol. The second-order valence-electron chi connectivity index (χ2n) is 6.07. The fraction of sp³-hybridized carbons (Fsp3) is 0.533. The molecule has 3 rings (SSSR count). The van der Waals surface area contributed by atoms with Crippen LogP contribution in [-0.2, 0) is 9.47 Å². The maximum Gasteiger partial charge on any atom is 0.276 e. The molecular formula is C15H20N4O3. The van der Waals surface area contributed by atoms with Gasteiger partial charge in [0.1, 0.15) is 0 Å². The fourth-order valence-electron chi connectivity index (χ4n) is 2.88. The van der Waals surface area contributed by atoms with E-state index in [4.69, 9.17) is 9.47 Å². The SMILES string of the molecule is COCC1CN(C(=O)c2nccn3ccnc23)CC(C)(C)O1. The predicted octanol–water partition coefficient (Wildman–Crippen LogP) is 0.995. The van der Waals surface area contributed by atoms with Gasteiger partial charge in [0.15, 0.2) is 11.3 Å². The number of hydrogen-bond acceptors (Lipinski definition) is 5. The molecule has 7 heteroatoms. The first-order chi connectivity index (χ1) is 10.5. The molecule has 1 saturated heterocycles. The highest BCUT2D eigenvalue weighted by Crippen LogP contribution is 2.23. The first kappa shape index (κ1) is 14.9. The zero-order valence-electron chi connectivity index (χ0n) is 13.0. The maximum atomic E-state index is 12.9. The van der Waals surface area contributed by atoms with Crippen LogP contribution in [0.1, 0.15) is 24.3 Å². The van der Waals surface area contributed by atoms with Crippen molar-refractivity contribution < 1.29 is 14.3 Å².